The summed E-state index contributed by atoms with van der Waals surface area (Å²) in [5.41, 5.74) is 11.5. The number of nitrogens with two attached hydrogens (primary N) is 1. The SMILES string of the molecule is C/C(=N\NC(=O)CSc1nc2ccccc2s1)c1ccc(N)cc1. The number of benzene rings is 2. The van der Waals surface area contributed by atoms with E-state index in [4.69, 9.17) is 5.73 Å². The van der Waals surface area contributed by atoms with Gasteiger partial charge in [0.15, 0.2) is 4.34 Å². The quantitative estimate of drug-likeness (QED) is 0.317. The lowest BCUT2D eigenvalue weighted by molar-refractivity contribution is -0.118. The number of rotatable bonds is 5. The van der Waals surface area contributed by atoms with Crippen LogP contribution >= 0.6 is 23.1 Å². The van der Waals surface area contributed by atoms with Crippen molar-refractivity contribution in [1.82, 2.24) is 10.4 Å². The molecule has 1 aromatic heterocycles. The summed E-state index contributed by atoms with van der Waals surface area (Å²) in [6, 6.07) is 15.3. The summed E-state index contributed by atoms with van der Waals surface area (Å²) in [5, 5.41) is 4.12. The van der Waals surface area contributed by atoms with Gasteiger partial charge < -0.3 is 5.73 Å². The predicted molar refractivity (Wildman–Crippen MR) is 102 cm³/mol. The van der Waals surface area contributed by atoms with E-state index in [1.165, 1.54) is 11.8 Å². The fourth-order valence-corrected chi connectivity index (χ4v) is 3.87. The molecule has 0 saturated heterocycles. The third-order valence-electron chi connectivity index (χ3n) is 3.28. The van der Waals surface area contributed by atoms with E-state index in [0.29, 0.717) is 5.69 Å². The number of aromatic nitrogens is 1. The van der Waals surface area contributed by atoms with Crippen LogP contribution in [0.5, 0.6) is 0 Å². The molecule has 24 heavy (non-hydrogen) atoms. The second-order valence-corrected chi connectivity index (χ2v) is 7.34. The van der Waals surface area contributed by atoms with Crippen LogP contribution in [0.4, 0.5) is 5.69 Å². The molecule has 7 heteroatoms. The average Bonchev–Trinajstić information content (AvgIpc) is 3.01. The maximum Gasteiger partial charge on any atom is 0.250 e. The molecule has 122 valence electrons. The van der Waals surface area contributed by atoms with Crippen molar-refractivity contribution in [3.8, 4) is 0 Å². The number of thiazole rings is 1. The molecule has 0 radical (unpaired) electrons. The van der Waals surface area contributed by atoms with Gasteiger partial charge in [-0.15, -0.1) is 11.3 Å². The van der Waals surface area contributed by atoms with Gasteiger partial charge in [0.2, 0.25) is 0 Å². The topological polar surface area (TPSA) is 80.4 Å². The third kappa shape index (κ3) is 4.12. The standard InChI is InChI=1S/C17H16N4OS2/c1-11(12-6-8-13(18)9-7-12)20-21-16(22)10-23-17-19-14-4-2-3-5-15(14)24-17/h2-9H,10,18H2,1H3,(H,21,22)/b20-11+. The van der Waals surface area contributed by atoms with Crippen molar-refractivity contribution in [2.24, 2.45) is 5.10 Å². The fourth-order valence-electron chi connectivity index (χ4n) is 2.01. The van der Waals surface area contributed by atoms with Crippen LogP contribution in [0.15, 0.2) is 58.0 Å². The highest BCUT2D eigenvalue weighted by Gasteiger charge is 2.07. The van der Waals surface area contributed by atoms with E-state index in [1.807, 2.05) is 43.3 Å². The molecular formula is C17H16N4OS2. The fraction of sp³-hybridized carbons (Fsp3) is 0.118. The Balaban J connectivity index is 1.55. The molecule has 0 aliphatic heterocycles. The average molecular weight is 356 g/mol. The number of fused-ring (bicyclic) bond motifs is 1. The summed E-state index contributed by atoms with van der Waals surface area (Å²) in [6.45, 7) is 1.84. The molecule has 3 rings (SSSR count). The zero-order valence-corrected chi connectivity index (χ0v) is 14.7. The minimum Gasteiger partial charge on any atom is -0.399 e. The summed E-state index contributed by atoms with van der Waals surface area (Å²) in [6.07, 6.45) is 0. The van der Waals surface area contributed by atoms with E-state index < -0.39 is 0 Å². The molecule has 0 atom stereocenters. The van der Waals surface area contributed by atoms with Gasteiger partial charge in [0.05, 0.1) is 21.7 Å². The minimum atomic E-state index is -0.158. The molecule has 0 saturated carbocycles. The van der Waals surface area contributed by atoms with Crippen LogP contribution < -0.4 is 11.2 Å². The Kier molecular flexibility index (Phi) is 5.12. The summed E-state index contributed by atoms with van der Waals surface area (Å²) >= 11 is 3.00. The van der Waals surface area contributed by atoms with Gasteiger partial charge in [-0.25, -0.2) is 10.4 Å². The second kappa shape index (κ2) is 7.46. The van der Waals surface area contributed by atoms with Gasteiger partial charge in [0.25, 0.3) is 5.91 Å². The van der Waals surface area contributed by atoms with Crippen LogP contribution in [-0.4, -0.2) is 22.4 Å². The van der Waals surface area contributed by atoms with E-state index in [1.54, 1.807) is 23.5 Å². The van der Waals surface area contributed by atoms with Crippen LogP contribution in [-0.2, 0) is 4.79 Å². The summed E-state index contributed by atoms with van der Waals surface area (Å²) in [7, 11) is 0. The Labute approximate surface area is 148 Å². The Morgan fingerprint density at radius 2 is 2.00 bits per heavy atom. The Morgan fingerprint density at radius 1 is 1.25 bits per heavy atom. The van der Waals surface area contributed by atoms with Gasteiger partial charge in [-0.3, -0.25) is 4.79 Å². The van der Waals surface area contributed by atoms with E-state index in [-0.39, 0.29) is 11.7 Å². The Bertz CT molecular complexity index is 854. The van der Waals surface area contributed by atoms with Gasteiger partial charge >= 0.3 is 0 Å². The van der Waals surface area contributed by atoms with Crippen LogP contribution in [0.1, 0.15) is 12.5 Å². The molecule has 0 fully saturated rings. The van der Waals surface area contributed by atoms with Gasteiger partial charge in [-0.1, -0.05) is 36.0 Å². The smallest absolute Gasteiger partial charge is 0.250 e. The molecule has 2 aromatic carbocycles. The number of anilines is 1. The van der Waals surface area contributed by atoms with E-state index in [9.17, 15) is 4.79 Å². The molecule has 3 aromatic rings. The molecule has 0 aliphatic carbocycles. The number of amides is 1. The van der Waals surface area contributed by atoms with Gasteiger partial charge in [-0.2, -0.15) is 5.10 Å². The molecule has 1 heterocycles. The van der Waals surface area contributed by atoms with E-state index >= 15 is 0 Å². The van der Waals surface area contributed by atoms with Crippen molar-refractivity contribution in [3.05, 3.63) is 54.1 Å². The third-order valence-corrected chi connectivity index (χ3v) is 5.46. The van der Waals surface area contributed by atoms with Crippen molar-refractivity contribution in [3.63, 3.8) is 0 Å². The highest BCUT2D eigenvalue weighted by atomic mass is 32.2. The Morgan fingerprint density at radius 3 is 2.75 bits per heavy atom. The lowest BCUT2D eigenvalue weighted by Gasteiger charge is -2.03. The lowest BCUT2D eigenvalue weighted by atomic mass is 10.1. The molecule has 5 nitrogen and oxygen atoms in total. The number of hydrogen-bond donors (Lipinski definition) is 2. The molecule has 0 spiro atoms. The monoisotopic (exact) mass is 356 g/mol. The van der Waals surface area contributed by atoms with Crippen LogP contribution in [0.3, 0.4) is 0 Å². The number of nitrogens with zero attached hydrogens (tertiary/aromatic N) is 2. The number of hydrazone groups is 1. The maximum absolute atomic E-state index is 11.9. The first-order valence-electron chi connectivity index (χ1n) is 7.29. The van der Waals surface area contributed by atoms with Gasteiger partial charge in [-0.05, 0) is 36.8 Å². The molecule has 0 bridgehead atoms. The molecule has 1 amide bonds. The zero-order valence-electron chi connectivity index (χ0n) is 13.0. The summed E-state index contributed by atoms with van der Waals surface area (Å²) < 4.78 is 2.00. The number of nitrogens with one attached hydrogen (secondary N) is 1. The second-order valence-electron chi connectivity index (χ2n) is 5.09. The number of carbonyl (C=O) groups is 1. The first kappa shape index (κ1) is 16.5. The highest BCUT2D eigenvalue weighted by molar-refractivity contribution is 8.01. The number of para-hydroxylation sites is 1. The number of nitrogen functional groups attached to an aromatic ring is 1. The van der Waals surface area contributed by atoms with Crippen LogP contribution in [0.25, 0.3) is 10.2 Å². The first-order valence-corrected chi connectivity index (χ1v) is 9.09. The Hall–Kier alpha value is -2.38. The zero-order chi connectivity index (χ0) is 16.9. The number of carbonyl (C=O) groups excluding carboxylic acids is 1. The minimum absolute atomic E-state index is 0.158. The summed E-state index contributed by atoms with van der Waals surface area (Å²) in [5.74, 6) is 0.118. The van der Waals surface area contributed by atoms with E-state index in [0.717, 1.165) is 25.8 Å². The van der Waals surface area contributed by atoms with Crippen molar-refractivity contribution in [1.29, 1.82) is 0 Å². The van der Waals surface area contributed by atoms with Gasteiger partial charge in [0.1, 0.15) is 0 Å². The molecule has 0 aliphatic rings. The molecule has 3 N–H and O–H groups in total. The maximum atomic E-state index is 11.9. The van der Waals surface area contributed by atoms with Crippen LogP contribution in [0, 0.1) is 0 Å². The van der Waals surface area contributed by atoms with Crippen LogP contribution in [0.2, 0.25) is 0 Å². The largest absolute Gasteiger partial charge is 0.399 e. The highest BCUT2D eigenvalue weighted by Crippen LogP contribution is 2.28. The van der Waals surface area contributed by atoms with Gasteiger partial charge in [0, 0.05) is 5.69 Å². The lowest BCUT2D eigenvalue weighted by Crippen LogP contribution is -2.21. The normalized spacial score (nSPS) is 11.6. The molecular weight excluding hydrogens is 340 g/mol. The number of thioether (sulfide) groups is 1. The van der Waals surface area contributed by atoms with E-state index in [2.05, 4.69) is 15.5 Å². The van der Waals surface area contributed by atoms with Crippen molar-refractivity contribution in [2.45, 2.75) is 11.3 Å². The van der Waals surface area contributed by atoms with Crippen molar-refractivity contribution in [2.75, 3.05) is 11.5 Å². The summed E-state index contributed by atoms with van der Waals surface area (Å²) in [4.78, 5) is 16.4. The predicted octanol–water partition coefficient (Wildman–Crippen LogP) is 3.51. The number of hydrogen-bond acceptors (Lipinski definition) is 6. The van der Waals surface area contributed by atoms with Crippen molar-refractivity contribution >= 4 is 50.6 Å². The molecule has 0 unspecified atom stereocenters. The first-order chi connectivity index (χ1) is 11.6. The van der Waals surface area contributed by atoms with Crippen molar-refractivity contribution < 1.29 is 4.79 Å².